The second-order valence-electron chi connectivity index (χ2n) is 10.5. The molecular weight excluding hydrogens is 526 g/mol. The molecule has 1 fully saturated rings. The van der Waals surface area contributed by atoms with Crippen LogP contribution in [0.1, 0.15) is 52.1 Å². The van der Waals surface area contributed by atoms with Gasteiger partial charge in [0.25, 0.3) is 0 Å². The van der Waals surface area contributed by atoms with E-state index in [1.54, 1.807) is 82.4 Å². The summed E-state index contributed by atoms with van der Waals surface area (Å²) >= 11 is 0. The Bertz CT molecular complexity index is 1220. The van der Waals surface area contributed by atoms with E-state index in [1.807, 2.05) is 0 Å². The van der Waals surface area contributed by atoms with Gasteiger partial charge in [0.15, 0.2) is 0 Å². The van der Waals surface area contributed by atoms with Gasteiger partial charge < -0.3 is 31.9 Å². The number of anilines is 1. The van der Waals surface area contributed by atoms with Gasteiger partial charge in [0.1, 0.15) is 29.5 Å². The first-order valence-electron chi connectivity index (χ1n) is 13.8. The largest absolute Gasteiger partial charge is 0.367 e. The summed E-state index contributed by atoms with van der Waals surface area (Å²) in [4.78, 5) is 70.6. The molecule has 12 heteroatoms. The van der Waals surface area contributed by atoms with Crippen molar-refractivity contribution in [3.8, 4) is 0 Å². The highest BCUT2D eigenvalue weighted by Crippen LogP contribution is 2.16. The number of benzene rings is 1. The summed E-state index contributed by atoms with van der Waals surface area (Å²) in [5.74, 6) is -2.53. The van der Waals surface area contributed by atoms with Crippen LogP contribution in [0.2, 0.25) is 0 Å². The third kappa shape index (κ3) is 8.50. The van der Waals surface area contributed by atoms with Gasteiger partial charge in [-0.25, -0.2) is 4.98 Å². The molecule has 0 unspecified atom stereocenters. The number of carbonyl (C=O) groups is 5. The van der Waals surface area contributed by atoms with E-state index in [1.165, 1.54) is 0 Å². The van der Waals surface area contributed by atoms with Gasteiger partial charge in [0.2, 0.25) is 29.5 Å². The van der Waals surface area contributed by atoms with Gasteiger partial charge in [-0.3, -0.25) is 24.0 Å². The zero-order chi connectivity index (χ0) is 30.0. The smallest absolute Gasteiger partial charge is 0.247 e. The molecule has 41 heavy (non-hydrogen) atoms. The number of hydrogen-bond donors (Lipinski definition) is 6. The highest BCUT2D eigenvalue weighted by atomic mass is 16.2. The Balaban J connectivity index is 1.96. The minimum absolute atomic E-state index is 0.0145. The molecule has 12 nitrogen and oxygen atoms in total. The molecule has 1 aromatic carbocycles. The number of rotatable bonds is 7. The van der Waals surface area contributed by atoms with E-state index in [0.29, 0.717) is 11.4 Å². The van der Waals surface area contributed by atoms with Gasteiger partial charge in [-0.2, -0.15) is 0 Å². The molecule has 0 bridgehead atoms. The maximum absolute atomic E-state index is 13.7. The van der Waals surface area contributed by atoms with Gasteiger partial charge in [0, 0.05) is 25.2 Å². The van der Waals surface area contributed by atoms with Crippen LogP contribution in [0.25, 0.3) is 0 Å². The molecule has 4 atom stereocenters. The van der Waals surface area contributed by atoms with Crippen LogP contribution < -0.4 is 31.9 Å². The minimum atomic E-state index is -1.46. The summed E-state index contributed by atoms with van der Waals surface area (Å²) in [5.41, 5.74) is -0.907. The van der Waals surface area contributed by atoms with Crippen molar-refractivity contribution in [2.45, 2.75) is 64.2 Å². The predicted molar refractivity (Wildman–Crippen MR) is 153 cm³/mol. The van der Waals surface area contributed by atoms with Crippen molar-refractivity contribution in [2.24, 2.45) is 5.92 Å². The quantitative estimate of drug-likeness (QED) is 0.288. The fraction of sp³-hybridized carbons (Fsp3) is 0.448. The van der Waals surface area contributed by atoms with Crippen molar-refractivity contribution in [2.75, 3.05) is 18.4 Å². The van der Waals surface area contributed by atoms with Crippen molar-refractivity contribution in [3.63, 3.8) is 0 Å². The van der Waals surface area contributed by atoms with E-state index in [-0.39, 0.29) is 31.8 Å². The number of carbonyl (C=O) groups excluding carboxylic acids is 5. The predicted octanol–water partition coefficient (Wildman–Crippen LogP) is 0.781. The molecule has 1 aromatic heterocycles. The van der Waals surface area contributed by atoms with Gasteiger partial charge in [0.05, 0.1) is 0 Å². The molecule has 0 aliphatic carbocycles. The number of nitrogens with one attached hydrogen (secondary N) is 6. The van der Waals surface area contributed by atoms with Gasteiger partial charge in [-0.15, -0.1) is 0 Å². The third-order valence-corrected chi connectivity index (χ3v) is 6.85. The third-order valence-electron chi connectivity index (χ3n) is 6.85. The average molecular weight is 566 g/mol. The molecule has 1 aliphatic rings. The highest BCUT2D eigenvalue weighted by molar-refractivity contribution is 5.97. The van der Waals surface area contributed by atoms with Crippen molar-refractivity contribution >= 4 is 35.4 Å². The van der Waals surface area contributed by atoms with Crippen LogP contribution in [0, 0.1) is 5.92 Å². The Labute approximate surface area is 239 Å². The fourth-order valence-corrected chi connectivity index (χ4v) is 4.20. The summed E-state index contributed by atoms with van der Waals surface area (Å²) in [6.07, 6.45) is 1.84. The monoisotopic (exact) mass is 565 g/mol. The molecule has 2 aromatic rings. The SMILES string of the molecule is CC[C@@H]1NC(=O)[C@H](CNc2ccccn2)NC(=O)[C@](C)(NC(=O)C(C)C)CCNC(=O)[C@@H](c2ccccc2)NC1=O. The Morgan fingerprint density at radius 1 is 0.951 bits per heavy atom. The summed E-state index contributed by atoms with van der Waals surface area (Å²) < 4.78 is 0. The Hall–Kier alpha value is -4.48. The van der Waals surface area contributed by atoms with E-state index < -0.39 is 53.2 Å². The molecule has 220 valence electrons. The lowest BCUT2D eigenvalue weighted by Gasteiger charge is -2.33. The van der Waals surface area contributed by atoms with Crippen molar-refractivity contribution in [3.05, 3.63) is 60.3 Å². The maximum atomic E-state index is 13.7. The Kier molecular flexibility index (Phi) is 10.8. The van der Waals surface area contributed by atoms with Crippen LogP contribution in [-0.2, 0) is 24.0 Å². The topological polar surface area (TPSA) is 170 Å². The van der Waals surface area contributed by atoms with Crippen LogP contribution in [0.4, 0.5) is 5.82 Å². The molecule has 2 heterocycles. The van der Waals surface area contributed by atoms with E-state index in [4.69, 9.17) is 0 Å². The van der Waals surface area contributed by atoms with Gasteiger partial charge in [-0.05, 0) is 37.5 Å². The number of nitrogens with zero attached hydrogens (tertiary/aromatic N) is 1. The lowest BCUT2D eigenvalue weighted by Crippen LogP contribution is -2.64. The van der Waals surface area contributed by atoms with Crippen LogP contribution in [0.15, 0.2) is 54.7 Å². The molecule has 0 saturated carbocycles. The van der Waals surface area contributed by atoms with Crippen molar-refractivity contribution < 1.29 is 24.0 Å². The summed E-state index contributed by atoms with van der Waals surface area (Å²) in [6, 6.07) is 10.8. The standard InChI is InChI=1S/C29H39N7O5/c1-5-20-25(38)35-23(19-11-7-6-8-12-19)27(40)31-16-14-29(4,36-24(37)18(2)3)28(41)34-21(26(39)33-20)17-32-22-13-9-10-15-30-22/h6-13,15,18,20-21,23H,5,14,16-17H2,1-4H3,(H,30,32)(H,31,40)(H,33,39)(H,34,41)(H,35,38)(H,36,37)/t20-,21-,23+,29+/m0/s1. The first-order chi connectivity index (χ1) is 19.5. The van der Waals surface area contributed by atoms with Crippen LogP contribution in [-0.4, -0.2) is 65.2 Å². The lowest BCUT2D eigenvalue weighted by atomic mass is 9.94. The number of pyridine rings is 1. The number of aromatic nitrogens is 1. The second kappa shape index (κ2) is 14.2. The normalized spacial score (nSPS) is 24.3. The number of amides is 5. The molecule has 1 saturated heterocycles. The average Bonchev–Trinajstić information content (AvgIpc) is 2.96. The summed E-state index contributed by atoms with van der Waals surface area (Å²) in [7, 11) is 0. The van der Waals surface area contributed by atoms with Gasteiger partial charge in [-0.1, -0.05) is 57.2 Å². The van der Waals surface area contributed by atoms with E-state index >= 15 is 0 Å². The highest BCUT2D eigenvalue weighted by Gasteiger charge is 2.39. The minimum Gasteiger partial charge on any atom is -0.367 e. The summed E-state index contributed by atoms with van der Waals surface area (Å²) in [5, 5.41) is 16.8. The molecule has 0 spiro atoms. The molecule has 1 aliphatic heterocycles. The second-order valence-corrected chi connectivity index (χ2v) is 10.5. The molecule has 3 rings (SSSR count). The first kappa shape index (κ1) is 31.1. The molecule has 0 radical (unpaired) electrons. The van der Waals surface area contributed by atoms with Crippen molar-refractivity contribution in [1.82, 2.24) is 31.6 Å². The zero-order valence-corrected chi connectivity index (χ0v) is 23.8. The fourth-order valence-electron chi connectivity index (χ4n) is 4.20. The molecular formula is C29H39N7O5. The molecule has 5 amide bonds. The Morgan fingerprint density at radius 2 is 1.63 bits per heavy atom. The molecule has 6 N–H and O–H groups in total. The van der Waals surface area contributed by atoms with Gasteiger partial charge >= 0.3 is 0 Å². The van der Waals surface area contributed by atoms with Crippen LogP contribution in [0.3, 0.4) is 0 Å². The zero-order valence-electron chi connectivity index (χ0n) is 23.8. The maximum Gasteiger partial charge on any atom is 0.247 e. The van der Waals surface area contributed by atoms with Crippen LogP contribution in [0.5, 0.6) is 0 Å². The van der Waals surface area contributed by atoms with Crippen molar-refractivity contribution in [1.29, 1.82) is 0 Å². The Morgan fingerprint density at radius 3 is 2.27 bits per heavy atom. The first-order valence-corrected chi connectivity index (χ1v) is 13.8. The lowest BCUT2D eigenvalue weighted by molar-refractivity contribution is -0.137. The van der Waals surface area contributed by atoms with Crippen LogP contribution >= 0.6 is 0 Å². The van der Waals surface area contributed by atoms with E-state index in [9.17, 15) is 24.0 Å². The van der Waals surface area contributed by atoms with E-state index in [2.05, 4.69) is 36.9 Å². The summed E-state index contributed by atoms with van der Waals surface area (Å²) in [6.45, 7) is 6.65. The number of hydrogen-bond acceptors (Lipinski definition) is 7. The van der Waals surface area contributed by atoms with E-state index in [0.717, 1.165) is 0 Å².